The summed E-state index contributed by atoms with van der Waals surface area (Å²) in [6, 6.07) is 64.9. The molecule has 0 saturated carbocycles. The van der Waals surface area contributed by atoms with Crippen molar-refractivity contribution in [1.82, 2.24) is 14.8 Å². The molecule has 12 rings (SSSR count). The molecule has 0 saturated heterocycles. The van der Waals surface area contributed by atoms with E-state index in [4.69, 9.17) is 33.7 Å². The third-order valence-corrected chi connectivity index (χ3v) is 17.0. The number of imide groups is 2. The number of nitrogens with zero attached hydrogens (tertiary/aromatic N) is 4. The number of Topliss-reactive ketones (excluding diaryl/α,β-unsaturated/α-hetero) is 1. The van der Waals surface area contributed by atoms with E-state index in [2.05, 4.69) is 0 Å². The van der Waals surface area contributed by atoms with Crippen LogP contribution in [0, 0.1) is 12.3 Å². The van der Waals surface area contributed by atoms with Crippen LogP contribution in [0.15, 0.2) is 235 Å². The lowest BCUT2D eigenvalue weighted by atomic mass is 9.68. The molecule has 17 heteroatoms. The second-order valence-corrected chi connectivity index (χ2v) is 23.3. The number of carboxylic acid groups (broad SMARTS) is 1. The third kappa shape index (κ3) is 14.3. The van der Waals surface area contributed by atoms with Crippen molar-refractivity contribution in [2.45, 2.75) is 78.9 Å². The first-order valence-corrected chi connectivity index (χ1v) is 31.9. The number of amides is 4. The lowest BCUT2D eigenvalue weighted by molar-refractivity contribution is -0.150. The van der Waals surface area contributed by atoms with Gasteiger partial charge >= 0.3 is 11.9 Å². The maximum absolute atomic E-state index is 14.3. The number of hydrogen-bond donors (Lipinski definition) is 1. The standard InChI is InChI=1S/C40H36N2O6.C39H34N2O7/c1-3-13-34-37(47-26-28-14-6-4-7-15-28)36(40(45)46-23-22-42-38(43)32-20-10-11-21-33(32)39(42)44)27(2)35(41-34)25-29-16-12-19-31(24-29)48-30-17-8-5-9-18-30;1-3-13-32-35(48-28-17-8-5-9-18-28)39(38(45)46,22-23-41-36(43)30-20-10-11-21-31(30)37(41)44)25(2)33(40-32)34(42)26-14-12-19-29(24-26)47-27-15-6-4-7-16-27/h4-12,14-21,24H,3,13,22-23,25-26H2,1-2H3;4-12,14-21,24,35H,3,13,22-23H2,1-2H3,(H,45,46). The van der Waals surface area contributed by atoms with Crippen molar-refractivity contribution < 1.29 is 62.4 Å². The van der Waals surface area contributed by atoms with Crippen molar-refractivity contribution in [3.63, 3.8) is 0 Å². The molecule has 484 valence electrons. The number of benzene rings is 8. The van der Waals surface area contributed by atoms with Gasteiger partial charge in [0.25, 0.3) is 23.6 Å². The van der Waals surface area contributed by atoms with E-state index in [1.807, 2.05) is 130 Å². The summed E-state index contributed by atoms with van der Waals surface area (Å²) in [4.78, 5) is 106. The molecule has 1 N–H and O–H groups in total. The smallest absolute Gasteiger partial charge is 0.342 e. The molecule has 0 bridgehead atoms. The number of ether oxygens (including phenoxy) is 5. The normalized spacial score (nSPS) is 15.5. The lowest BCUT2D eigenvalue weighted by Crippen LogP contribution is -2.55. The number of pyridine rings is 1. The van der Waals surface area contributed by atoms with E-state index in [1.165, 1.54) is 0 Å². The molecule has 9 aromatic rings. The number of esters is 1. The van der Waals surface area contributed by atoms with E-state index in [1.54, 1.807) is 116 Å². The molecule has 0 fully saturated rings. The number of fused-ring (bicyclic) bond motifs is 2. The fraction of sp³-hybridized carbons (Fsp3) is 0.203. The number of carboxylic acids is 1. The first-order valence-electron chi connectivity index (χ1n) is 31.9. The average Bonchev–Trinajstić information content (AvgIpc) is 1.14. The predicted octanol–water partition coefficient (Wildman–Crippen LogP) is 15.2. The minimum Gasteiger partial charge on any atom is -0.486 e. The maximum Gasteiger partial charge on any atom is 0.342 e. The molecule has 0 spiro atoms. The van der Waals surface area contributed by atoms with Crippen LogP contribution in [0.2, 0.25) is 0 Å². The van der Waals surface area contributed by atoms with Crippen molar-refractivity contribution in [3.8, 4) is 34.5 Å². The van der Waals surface area contributed by atoms with Crippen LogP contribution < -0.4 is 18.9 Å². The maximum atomic E-state index is 14.3. The van der Waals surface area contributed by atoms with Crippen LogP contribution in [0.3, 0.4) is 0 Å². The lowest BCUT2D eigenvalue weighted by Gasteiger charge is -2.42. The molecular formula is C79H70N4O13. The van der Waals surface area contributed by atoms with Gasteiger partial charge in [-0.25, -0.2) is 9.79 Å². The highest BCUT2D eigenvalue weighted by atomic mass is 16.5. The minimum atomic E-state index is -1.86. The SMILES string of the molecule is CCCC1=NC(C(=O)c2cccc(Oc3ccccc3)c2)=C(C)C(CCN2C(=O)c3ccccc3C2=O)(C(=O)O)C1Oc1ccccc1.CCCc1nc(Cc2cccc(Oc3ccccc3)c2)c(C)c(C(=O)OCCN2C(=O)c3ccccc3C2=O)c1OCc1ccccc1. The van der Waals surface area contributed by atoms with E-state index in [0.717, 1.165) is 38.8 Å². The van der Waals surface area contributed by atoms with Gasteiger partial charge in [-0.3, -0.25) is 43.6 Å². The Morgan fingerprint density at radius 3 is 1.55 bits per heavy atom. The van der Waals surface area contributed by atoms with Crippen LogP contribution in [0.4, 0.5) is 0 Å². The number of para-hydroxylation sites is 3. The molecule has 17 nitrogen and oxygen atoms in total. The van der Waals surface area contributed by atoms with Gasteiger partial charge in [0.2, 0.25) is 5.78 Å². The van der Waals surface area contributed by atoms with Gasteiger partial charge in [0.1, 0.15) is 58.6 Å². The largest absolute Gasteiger partial charge is 0.486 e. The van der Waals surface area contributed by atoms with Gasteiger partial charge in [-0.05, 0) is 140 Å². The third-order valence-electron chi connectivity index (χ3n) is 17.0. The summed E-state index contributed by atoms with van der Waals surface area (Å²) >= 11 is 0. The molecule has 0 radical (unpaired) electrons. The van der Waals surface area contributed by atoms with Gasteiger partial charge in [-0.15, -0.1) is 0 Å². The van der Waals surface area contributed by atoms with Gasteiger partial charge in [0.15, 0.2) is 11.9 Å². The van der Waals surface area contributed by atoms with Gasteiger partial charge in [0, 0.05) is 24.2 Å². The van der Waals surface area contributed by atoms with Crippen molar-refractivity contribution in [3.05, 3.63) is 291 Å². The van der Waals surface area contributed by atoms with Crippen LogP contribution in [0.1, 0.15) is 137 Å². The molecule has 8 aromatic carbocycles. The van der Waals surface area contributed by atoms with Gasteiger partial charge in [0.05, 0.1) is 40.2 Å². The van der Waals surface area contributed by atoms with Crippen LogP contribution in [0.5, 0.6) is 34.5 Å². The van der Waals surface area contributed by atoms with Crippen molar-refractivity contribution in [2.75, 3.05) is 19.7 Å². The van der Waals surface area contributed by atoms with E-state index >= 15 is 0 Å². The van der Waals surface area contributed by atoms with E-state index in [0.29, 0.717) is 88.1 Å². The number of carbonyl (C=O) groups is 7. The minimum absolute atomic E-state index is 0.0204. The second kappa shape index (κ2) is 30.0. The van der Waals surface area contributed by atoms with Crippen LogP contribution >= 0.6 is 0 Å². The van der Waals surface area contributed by atoms with E-state index < -0.39 is 52.9 Å². The summed E-state index contributed by atoms with van der Waals surface area (Å²) in [6.45, 7) is 7.19. The fourth-order valence-corrected chi connectivity index (χ4v) is 12.1. The van der Waals surface area contributed by atoms with Crippen molar-refractivity contribution >= 4 is 47.1 Å². The Morgan fingerprint density at radius 2 is 1.01 bits per heavy atom. The molecule has 0 aliphatic carbocycles. The Hall–Kier alpha value is -11.6. The average molecular weight is 1280 g/mol. The number of aliphatic imine (C=N–C) groups is 1. The number of aromatic nitrogens is 1. The zero-order valence-electron chi connectivity index (χ0n) is 53.6. The molecular weight excluding hydrogens is 1210 g/mol. The van der Waals surface area contributed by atoms with E-state index in [9.17, 15) is 38.7 Å². The summed E-state index contributed by atoms with van der Waals surface area (Å²) < 4.78 is 30.6. The van der Waals surface area contributed by atoms with Crippen LogP contribution in [-0.4, -0.2) is 92.8 Å². The summed E-state index contributed by atoms with van der Waals surface area (Å²) in [5.41, 5.74) is 4.39. The molecule has 4 amide bonds. The highest BCUT2D eigenvalue weighted by Crippen LogP contribution is 2.46. The molecule has 2 atom stereocenters. The summed E-state index contributed by atoms with van der Waals surface area (Å²) in [7, 11) is 0. The summed E-state index contributed by atoms with van der Waals surface area (Å²) in [5.74, 6) is -0.871. The monoisotopic (exact) mass is 1280 g/mol. The summed E-state index contributed by atoms with van der Waals surface area (Å²) in [5, 5.41) is 11.2. The molecule has 3 aliphatic heterocycles. The number of rotatable bonds is 25. The van der Waals surface area contributed by atoms with Crippen molar-refractivity contribution in [2.24, 2.45) is 10.4 Å². The van der Waals surface area contributed by atoms with Crippen LogP contribution in [0.25, 0.3) is 0 Å². The van der Waals surface area contributed by atoms with Crippen LogP contribution in [-0.2, 0) is 29.0 Å². The highest BCUT2D eigenvalue weighted by Gasteiger charge is 2.56. The van der Waals surface area contributed by atoms with Gasteiger partial charge < -0.3 is 28.8 Å². The zero-order chi connectivity index (χ0) is 67.3. The number of hydrogen-bond acceptors (Lipinski definition) is 14. The Labute approximate surface area is 556 Å². The molecule has 3 aliphatic rings. The molecule has 1 aromatic heterocycles. The fourth-order valence-electron chi connectivity index (χ4n) is 12.1. The molecule has 2 unspecified atom stereocenters. The Morgan fingerprint density at radius 1 is 0.531 bits per heavy atom. The quantitative estimate of drug-likeness (QED) is 0.0320. The number of ketones is 1. The van der Waals surface area contributed by atoms with Crippen molar-refractivity contribution in [1.29, 1.82) is 0 Å². The van der Waals surface area contributed by atoms with Gasteiger partial charge in [-0.2, -0.15) is 0 Å². The van der Waals surface area contributed by atoms with E-state index in [-0.39, 0.29) is 60.7 Å². The molecule has 96 heavy (non-hydrogen) atoms. The number of carbonyl (C=O) groups excluding carboxylic acids is 6. The summed E-state index contributed by atoms with van der Waals surface area (Å²) in [6.07, 6.45) is 1.42. The Kier molecular flexibility index (Phi) is 20.6. The first kappa shape index (κ1) is 65.9. The second-order valence-electron chi connectivity index (χ2n) is 23.3. The first-order chi connectivity index (χ1) is 46.7. The number of allylic oxidation sites excluding steroid dienone is 1. The highest BCUT2D eigenvalue weighted by molar-refractivity contribution is 6.22. The topological polar surface area (TPSA) is 218 Å². The zero-order valence-corrected chi connectivity index (χ0v) is 53.6. The number of aliphatic carboxylic acids is 1. The molecule has 4 heterocycles. The Bertz CT molecular complexity index is 4390. The predicted molar refractivity (Wildman–Crippen MR) is 361 cm³/mol. The number of aryl methyl sites for hydroxylation is 1. The Balaban J connectivity index is 0.000000195. The van der Waals surface area contributed by atoms with Gasteiger partial charge in [-0.1, -0.05) is 160 Å².